The lowest BCUT2D eigenvalue weighted by molar-refractivity contribution is 0.102. The number of nitrogens with one attached hydrogen (secondary N) is 1. The van der Waals surface area contributed by atoms with Crippen LogP contribution in [0, 0.1) is 0 Å². The Morgan fingerprint density at radius 2 is 1.47 bits per heavy atom. The number of para-hydroxylation sites is 2. The summed E-state index contributed by atoms with van der Waals surface area (Å²) in [6.45, 7) is 1.58. The number of ketones is 1. The summed E-state index contributed by atoms with van der Waals surface area (Å²) in [5.41, 5.74) is 3.55. The smallest absolute Gasteiger partial charge is 0.199 e. The summed E-state index contributed by atoms with van der Waals surface area (Å²) in [7, 11) is 0. The second-order valence-corrected chi connectivity index (χ2v) is 7.93. The van der Waals surface area contributed by atoms with E-state index in [2.05, 4.69) is 10.3 Å². The lowest BCUT2D eigenvalue weighted by Gasteiger charge is -2.11. The molecule has 0 aliphatic carbocycles. The molecule has 0 saturated carbocycles. The zero-order chi connectivity index (χ0) is 20.9. The van der Waals surface area contributed by atoms with Crippen molar-refractivity contribution >= 4 is 40.1 Å². The minimum atomic E-state index is -0.00748. The molecule has 1 N–H and O–H groups in total. The number of Topliss-reactive ketones (excluding diaryl/α,β-unsaturated/α-hetero) is 1. The number of thiazole rings is 1. The van der Waals surface area contributed by atoms with Crippen LogP contribution in [-0.2, 0) is 0 Å². The van der Waals surface area contributed by atoms with Crippen LogP contribution < -0.4 is 10.1 Å². The summed E-state index contributed by atoms with van der Waals surface area (Å²) >= 11 is 6.84. The second-order valence-electron chi connectivity index (χ2n) is 6.56. The Kier molecular flexibility index (Phi) is 5.97. The number of benzene rings is 3. The van der Waals surface area contributed by atoms with Crippen molar-refractivity contribution in [2.75, 3.05) is 5.32 Å². The quantitative estimate of drug-likeness (QED) is 0.334. The van der Waals surface area contributed by atoms with E-state index < -0.39 is 0 Å². The number of carbonyl (C=O) groups is 1. The Balaban J connectivity index is 1.92. The van der Waals surface area contributed by atoms with Gasteiger partial charge in [-0.05, 0) is 36.5 Å². The van der Waals surface area contributed by atoms with Crippen molar-refractivity contribution in [3.63, 3.8) is 0 Å². The Morgan fingerprint density at radius 1 is 0.900 bits per heavy atom. The van der Waals surface area contributed by atoms with E-state index in [-0.39, 0.29) is 5.78 Å². The molecule has 0 fully saturated rings. The zero-order valence-electron chi connectivity index (χ0n) is 16.3. The van der Waals surface area contributed by atoms with E-state index in [4.69, 9.17) is 12.2 Å². The van der Waals surface area contributed by atoms with Crippen LogP contribution in [0.25, 0.3) is 16.9 Å². The highest BCUT2D eigenvalue weighted by molar-refractivity contribution is 7.80. The third kappa shape index (κ3) is 4.30. The predicted octanol–water partition coefficient (Wildman–Crippen LogP) is 5.71. The summed E-state index contributed by atoms with van der Waals surface area (Å²) in [5.74, 6) is -0.00748. The number of anilines is 1. The maximum atomic E-state index is 12.5. The van der Waals surface area contributed by atoms with E-state index >= 15 is 0 Å². The number of hydrogen-bond acceptors (Lipinski definition) is 3. The monoisotopic (exact) mass is 429 g/mol. The van der Waals surface area contributed by atoms with Crippen LogP contribution in [0.3, 0.4) is 0 Å². The number of thiocarbonyl (C=S) groups is 1. The number of aromatic nitrogens is 1. The molecule has 1 heterocycles. The molecule has 0 atom stereocenters. The third-order valence-electron chi connectivity index (χ3n) is 4.43. The van der Waals surface area contributed by atoms with Gasteiger partial charge in [-0.1, -0.05) is 78.1 Å². The lowest BCUT2D eigenvalue weighted by Crippen LogP contribution is -2.18. The van der Waals surface area contributed by atoms with Gasteiger partial charge in [-0.15, -0.1) is 0 Å². The fraction of sp³-hybridized carbons (Fsp3) is 0.0417. The van der Waals surface area contributed by atoms with Crippen molar-refractivity contribution in [3.8, 4) is 16.9 Å². The standard InChI is InChI=1S/C24H19N3OS2/c1-17(28)22-21(18-11-5-2-6-12-18)27(20-15-9-4-10-16-20)24(30-22)26-23(29)25-19-13-7-3-8-14-19/h2-16H,1H3,(H,25,29). The zero-order valence-corrected chi connectivity index (χ0v) is 17.9. The molecule has 3 aromatic carbocycles. The number of hydrogen-bond donors (Lipinski definition) is 1. The molecular formula is C24H19N3OS2. The molecule has 0 aliphatic rings. The molecule has 6 heteroatoms. The third-order valence-corrected chi connectivity index (χ3v) is 5.76. The first-order valence-corrected chi connectivity index (χ1v) is 10.6. The molecule has 1 aromatic heterocycles. The highest BCUT2D eigenvalue weighted by atomic mass is 32.1. The van der Waals surface area contributed by atoms with E-state index in [9.17, 15) is 4.79 Å². The van der Waals surface area contributed by atoms with Crippen molar-refractivity contribution in [1.82, 2.24) is 4.57 Å². The highest BCUT2D eigenvalue weighted by Gasteiger charge is 2.20. The van der Waals surface area contributed by atoms with E-state index in [1.54, 1.807) is 6.92 Å². The van der Waals surface area contributed by atoms with Gasteiger partial charge in [0, 0.05) is 23.9 Å². The molecule has 4 nitrogen and oxygen atoms in total. The van der Waals surface area contributed by atoms with E-state index in [1.165, 1.54) is 11.3 Å². The van der Waals surface area contributed by atoms with Crippen molar-refractivity contribution in [1.29, 1.82) is 0 Å². The van der Waals surface area contributed by atoms with Crippen LogP contribution in [0.2, 0.25) is 0 Å². The van der Waals surface area contributed by atoms with Gasteiger partial charge in [0.1, 0.15) is 0 Å². The van der Waals surface area contributed by atoms with Gasteiger partial charge >= 0.3 is 0 Å². The first kappa shape index (κ1) is 19.9. The van der Waals surface area contributed by atoms with Crippen LogP contribution in [-0.4, -0.2) is 15.5 Å². The van der Waals surface area contributed by atoms with Gasteiger partial charge < -0.3 is 5.32 Å². The molecule has 0 radical (unpaired) electrons. The molecular weight excluding hydrogens is 410 g/mol. The van der Waals surface area contributed by atoms with Gasteiger partial charge in [0.15, 0.2) is 15.7 Å². The van der Waals surface area contributed by atoms with Crippen LogP contribution >= 0.6 is 23.6 Å². The van der Waals surface area contributed by atoms with E-state index in [1.807, 2.05) is 95.6 Å². The maximum absolute atomic E-state index is 12.5. The summed E-state index contributed by atoms with van der Waals surface area (Å²) < 4.78 is 2.00. The molecule has 0 bridgehead atoms. The maximum Gasteiger partial charge on any atom is 0.199 e. The van der Waals surface area contributed by atoms with Crippen molar-refractivity contribution in [2.24, 2.45) is 4.99 Å². The van der Waals surface area contributed by atoms with Crippen LogP contribution in [0.15, 0.2) is 96.0 Å². The molecule has 4 aromatic rings. The SMILES string of the molecule is CC(=O)c1sc(=NC(=S)Nc2ccccc2)n(-c2ccccc2)c1-c1ccccc1. The first-order chi connectivity index (χ1) is 14.6. The van der Waals surface area contributed by atoms with Gasteiger partial charge in [-0.3, -0.25) is 9.36 Å². The Bertz CT molecular complexity index is 1240. The summed E-state index contributed by atoms with van der Waals surface area (Å²) in [5, 5.41) is 3.48. The van der Waals surface area contributed by atoms with E-state index in [0.717, 1.165) is 22.6 Å². The number of carbonyl (C=O) groups excluding carboxylic acids is 1. The molecule has 148 valence electrons. The first-order valence-electron chi connectivity index (χ1n) is 9.42. The Morgan fingerprint density at radius 3 is 2.07 bits per heavy atom. The fourth-order valence-corrected chi connectivity index (χ4v) is 4.45. The Labute approximate surface area is 184 Å². The minimum Gasteiger partial charge on any atom is -0.331 e. The average Bonchev–Trinajstić information content (AvgIpc) is 3.15. The lowest BCUT2D eigenvalue weighted by atomic mass is 10.1. The summed E-state index contributed by atoms with van der Waals surface area (Å²) in [4.78, 5) is 18.5. The van der Waals surface area contributed by atoms with Gasteiger partial charge in [0.25, 0.3) is 0 Å². The highest BCUT2D eigenvalue weighted by Crippen LogP contribution is 2.29. The largest absolute Gasteiger partial charge is 0.331 e. The fourth-order valence-electron chi connectivity index (χ4n) is 3.13. The molecule has 0 spiro atoms. The van der Waals surface area contributed by atoms with Crippen molar-refractivity contribution in [2.45, 2.75) is 6.92 Å². The van der Waals surface area contributed by atoms with Gasteiger partial charge in [-0.25, -0.2) is 0 Å². The van der Waals surface area contributed by atoms with Crippen LogP contribution in [0.5, 0.6) is 0 Å². The second kappa shape index (κ2) is 8.98. The minimum absolute atomic E-state index is 0.00748. The van der Waals surface area contributed by atoms with E-state index in [0.29, 0.717) is 14.8 Å². The number of nitrogens with zero attached hydrogens (tertiary/aromatic N) is 2. The van der Waals surface area contributed by atoms with Crippen molar-refractivity contribution in [3.05, 3.63) is 101 Å². The molecule has 30 heavy (non-hydrogen) atoms. The normalized spacial score (nSPS) is 11.3. The molecule has 0 aliphatic heterocycles. The summed E-state index contributed by atoms with van der Waals surface area (Å²) in [6, 6.07) is 29.4. The predicted molar refractivity (Wildman–Crippen MR) is 127 cm³/mol. The molecule has 0 saturated heterocycles. The summed E-state index contributed by atoms with van der Waals surface area (Å²) in [6.07, 6.45) is 0. The van der Waals surface area contributed by atoms with Gasteiger partial charge in [-0.2, -0.15) is 4.99 Å². The van der Waals surface area contributed by atoms with Crippen LogP contribution in [0.4, 0.5) is 5.69 Å². The molecule has 0 unspecified atom stereocenters. The van der Waals surface area contributed by atoms with Crippen LogP contribution in [0.1, 0.15) is 16.6 Å². The topological polar surface area (TPSA) is 46.4 Å². The van der Waals surface area contributed by atoms with Crippen molar-refractivity contribution < 1.29 is 4.79 Å². The van der Waals surface area contributed by atoms with Gasteiger partial charge in [0.2, 0.25) is 0 Å². The molecule has 4 rings (SSSR count). The molecule has 0 amide bonds. The average molecular weight is 430 g/mol. The number of rotatable bonds is 4. The van der Waals surface area contributed by atoms with Gasteiger partial charge in [0.05, 0.1) is 10.6 Å². The Hall–Kier alpha value is -3.35.